The fourth-order valence-corrected chi connectivity index (χ4v) is 0.669. The first-order valence-electron chi connectivity index (χ1n) is 3.12. The Hall–Kier alpha value is -0.640. The number of benzene rings is 1. The van der Waals surface area contributed by atoms with E-state index in [1.165, 1.54) is 31.2 Å². The molecular weight excluding hydrogens is 255 g/mol. The van der Waals surface area contributed by atoms with Crippen LogP contribution in [-0.2, 0) is 27.2 Å². The Morgan fingerprint density at radius 2 is 1.83 bits per heavy atom. The van der Waals surface area contributed by atoms with Crippen LogP contribution >= 0.6 is 0 Å². The van der Waals surface area contributed by atoms with Crippen LogP contribution in [0.3, 0.4) is 0 Å². The van der Waals surface area contributed by atoms with Crippen molar-refractivity contribution in [3.63, 3.8) is 0 Å². The van der Waals surface area contributed by atoms with Gasteiger partial charge in [0, 0.05) is 29.3 Å². The minimum absolute atomic E-state index is 0. The molecule has 0 saturated carbocycles. The van der Waals surface area contributed by atoms with Crippen LogP contribution < -0.4 is 4.74 Å². The number of hydrogen-bond donors (Lipinski definition) is 0. The molecule has 2 nitrogen and oxygen atoms in total. The third-order valence-corrected chi connectivity index (χ3v) is 1.08. The van der Waals surface area contributed by atoms with Crippen LogP contribution in [0.25, 0.3) is 0 Å². The summed E-state index contributed by atoms with van der Waals surface area (Å²) in [6.45, 7) is 1.29. The monoisotopic (exact) mass is 261 g/mol. The van der Waals surface area contributed by atoms with E-state index in [1.54, 1.807) is 0 Å². The van der Waals surface area contributed by atoms with Gasteiger partial charge in [-0.25, -0.2) is 4.39 Å². The van der Waals surface area contributed by atoms with Gasteiger partial charge in [0.1, 0.15) is 11.6 Å². The van der Waals surface area contributed by atoms with Crippen LogP contribution in [0.4, 0.5) is 4.39 Å². The third-order valence-electron chi connectivity index (χ3n) is 1.08. The molecule has 69 valence electrons. The average Bonchev–Trinajstić information content (AvgIpc) is 1.93. The fourth-order valence-electron chi connectivity index (χ4n) is 0.669. The Balaban J connectivity index is 0.00000121. The number of halogens is 1. The second-order valence-electron chi connectivity index (χ2n) is 2.05. The van der Waals surface area contributed by atoms with Crippen molar-refractivity contribution in [2.75, 3.05) is 0 Å². The maximum absolute atomic E-state index is 12.3. The van der Waals surface area contributed by atoms with Gasteiger partial charge in [0.25, 0.3) is 0 Å². The molecule has 0 saturated heterocycles. The molecule has 0 heterocycles. The molecule has 0 N–H and O–H groups in total. The molecule has 0 aliphatic rings. The topological polar surface area (TPSA) is 26.3 Å². The van der Waals surface area contributed by atoms with Crippen molar-refractivity contribution >= 4 is 5.97 Å². The average molecular weight is 262 g/mol. The summed E-state index contributed by atoms with van der Waals surface area (Å²) >= 11 is 0. The summed E-state index contributed by atoms with van der Waals surface area (Å²) in [4.78, 5) is 10.4. The molecule has 1 aromatic carbocycles. The first-order chi connectivity index (χ1) is 5.18. The molecule has 0 fully saturated rings. The van der Waals surface area contributed by atoms with E-state index in [2.05, 4.69) is 4.74 Å². The van der Waals surface area contributed by atoms with Crippen molar-refractivity contribution in [3.8, 4) is 5.75 Å². The number of esters is 1. The van der Waals surface area contributed by atoms with Crippen LogP contribution in [0.5, 0.6) is 5.75 Å². The molecule has 12 heavy (non-hydrogen) atoms. The molecule has 4 heteroatoms. The van der Waals surface area contributed by atoms with Crippen molar-refractivity contribution in [3.05, 3.63) is 30.1 Å². The van der Waals surface area contributed by atoms with E-state index in [1.807, 2.05) is 0 Å². The van der Waals surface area contributed by atoms with Crippen LogP contribution in [0.15, 0.2) is 24.3 Å². The predicted octanol–water partition coefficient (Wildman–Crippen LogP) is 1.75. The summed E-state index contributed by atoms with van der Waals surface area (Å²) < 4.78 is 16.9. The summed E-state index contributed by atoms with van der Waals surface area (Å²) in [5.74, 6) is -0.392. The predicted molar refractivity (Wildman–Crippen MR) is 37.7 cm³/mol. The molecule has 1 rings (SSSR count). The van der Waals surface area contributed by atoms with Gasteiger partial charge in [-0.2, -0.15) is 0 Å². The first kappa shape index (κ1) is 11.4. The van der Waals surface area contributed by atoms with Gasteiger partial charge in [-0.3, -0.25) is 4.79 Å². The van der Waals surface area contributed by atoms with Gasteiger partial charge in [0.2, 0.25) is 0 Å². The van der Waals surface area contributed by atoms with E-state index in [9.17, 15) is 9.18 Å². The molecule has 0 amide bonds. The van der Waals surface area contributed by atoms with Gasteiger partial charge in [0.15, 0.2) is 0 Å². The van der Waals surface area contributed by atoms with Gasteiger partial charge in [0.05, 0.1) is 0 Å². The van der Waals surface area contributed by atoms with E-state index in [4.69, 9.17) is 0 Å². The minimum atomic E-state index is -0.406. The van der Waals surface area contributed by atoms with Gasteiger partial charge in [-0.05, 0) is 24.3 Å². The van der Waals surface area contributed by atoms with Gasteiger partial charge < -0.3 is 4.74 Å². The van der Waals surface area contributed by atoms with Crippen molar-refractivity contribution in [1.29, 1.82) is 0 Å². The van der Waals surface area contributed by atoms with Crippen LogP contribution in [0.1, 0.15) is 6.92 Å². The van der Waals surface area contributed by atoms with Crippen molar-refractivity contribution in [2.24, 2.45) is 0 Å². The summed E-state index contributed by atoms with van der Waals surface area (Å²) in [7, 11) is 0. The second kappa shape index (κ2) is 5.09. The van der Waals surface area contributed by atoms with Gasteiger partial charge >= 0.3 is 5.97 Å². The summed E-state index contributed by atoms with van der Waals surface area (Å²) in [6.07, 6.45) is 0. The molecule has 0 spiro atoms. The normalized spacial score (nSPS) is 8.50. The minimum Gasteiger partial charge on any atom is -0.427 e. The van der Waals surface area contributed by atoms with E-state index >= 15 is 0 Å². The van der Waals surface area contributed by atoms with Crippen LogP contribution in [0.2, 0.25) is 0 Å². The van der Waals surface area contributed by atoms with Crippen LogP contribution in [0, 0.1) is 5.82 Å². The largest absolute Gasteiger partial charge is 0.427 e. The quantitative estimate of drug-likeness (QED) is 0.438. The van der Waals surface area contributed by atoms with Gasteiger partial charge in [-0.15, -0.1) is 0 Å². The van der Waals surface area contributed by atoms with Gasteiger partial charge in [-0.1, -0.05) is 0 Å². The SMILES string of the molecule is CC(=O)Oc1ccc(F)cc1.[Ag]. The Morgan fingerprint density at radius 1 is 1.33 bits per heavy atom. The Labute approximate surface area is 85.2 Å². The number of hydrogen-bond acceptors (Lipinski definition) is 2. The molecule has 0 aromatic heterocycles. The molecule has 0 bridgehead atoms. The Bertz CT molecular complexity index is 258. The summed E-state index contributed by atoms with van der Waals surface area (Å²) in [5.41, 5.74) is 0. The third kappa shape index (κ3) is 3.67. The van der Waals surface area contributed by atoms with E-state index in [0.29, 0.717) is 5.75 Å². The number of ether oxygens (including phenoxy) is 1. The first-order valence-corrected chi connectivity index (χ1v) is 3.12. The number of rotatable bonds is 1. The van der Waals surface area contributed by atoms with Crippen LogP contribution in [-0.4, -0.2) is 5.97 Å². The number of carbonyl (C=O) groups is 1. The molecule has 0 unspecified atom stereocenters. The maximum atomic E-state index is 12.3. The molecule has 1 aromatic rings. The van der Waals surface area contributed by atoms with Crippen molar-refractivity contribution in [2.45, 2.75) is 6.92 Å². The molecule has 0 atom stereocenters. The molecular formula is C8H7AgFO2. The molecule has 0 aliphatic carbocycles. The van der Waals surface area contributed by atoms with Crippen molar-refractivity contribution < 1.29 is 36.3 Å². The zero-order valence-corrected chi connectivity index (χ0v) is 7.79. The number of carbonyl (C=O) groups excluding carboxylic acids is 1. The zero-order chi connectivity index (χ0) is 8.27. The van der Waals surface area contributed by atoms with E-state index in [0.717, 1.165) is 0 Å². The Morgan fingerprint density at radius 3 is 2.25 bits per heavy atom. The zero-order valence-electron chi connectivity index (χ0n) is 6.31. The Kier molecular flexibility index (Phi) is 4.81. The molecule has 0 aliphatic heterocycles. The fraction of sp³-hybridized carbons (Fsp3) is 0.125. The van der Waals surface area contributed by atoms with E-state index in [-0.39, 0.29) is 28.2 Å². The summed E-state index contributed by atoms with van der Waals surface area (Å²) in [5, 5.41) is 0. The second-order valence-corrected chi connectivity index (χ2v) is 2.05. The standard InChI is InChI=1S/C8H7FO2.Ag/c1-6(10)11-8-4-2-7(9)3-5-8;/h2-5H,1H3;. The summed E-state index contributed by atoms with van der Waals surface area (Å²) in [6, 6.07) is 5.27. The maximum Gasteiger partial charge on any atom is 0.308 e. The molecule has 1 radical (unpaired) electrons. The van der Waals surface area contributed by atoms with Crippen molar-refractivity contribution in [1.82, 2.24) is 0 Å². The van der Waals surface area contributed by atoms with E-state index < -0.39 is 5.97 Å². The smallest absolute Gasteiger partial charge is 0.308 e.